The number of rotatable bonds is 10. The molecule has 1 heterocycles. The summed E-state index contributed by atoms with van der Waals surface area (Å²) in [6.07, 6.45) is 5.90. The number of aliphatic hydroxyl groups is 1. The number of hydroxylamine groups is 1. The third-order valence-corrected chi connectivity index (χ3v) is 5.03. The molecule has 0 amide bonds. The van der Waals surface area contributed by atoms with Gasteiger partial charge in [-0.1, -0.05) is 49.4 Å². The van der Waals surface area contributed by atoms with Crippen LogP contribution in [-0.4, -0.2) is 35.0 Å². The van der Waals surface area contributed by atoms with Gasteiger partial charge in [0.2, 0.25) is 0 Å². The van der Waals surface area contributed by atoms with Crippen LogP contribution in [0.25, 0.3) is 0 Å². The first-order chi connectivity index (χ1) is 13.7. The van der Waals surface area contributed by atoms with Crippen molar-refractivity contribution < 1.29 is 24.6 Å². The molecule has 0 radical (unpaired) electrons. The van der Waals surface area contributed by atoms with E-state index in [4.69, 9.17) is 14.7 Å². The Hall–Kier alpha value is -2.17. The minimum Gasteiger partial charge on any atom is -0.486 e. The van der Waals surface area contributed by atoms with E-state index in [9.17, 15) is 9.90 Å². The summed E-state index contributed by atoms with van der Waals surface area (Å²) in [5, 5.41) is 17.7. The van der Waals surface area contributed by atoms with Gasteiger partial charge in [0.05, 0.1) is 19.1 Å². The van der Waals surface area contributed by atoms with Crippen molar-refractivity contribution in [2.75, 3.05) is 6.61 Å². The highest BCUT2D eigenvalue weighted by atomic mass is 16.5. The normalized spacial score (nSPS) is 21.5. The fourth-order valence-corrected chi connectivity index (χ4v) is 3.43. The maximum absolute atomic E-state index is 12.9. The number of unbranched alkanes of at least 4 members (excludes halogenated alkanes) is 4. The largest absolute Gasteiger partial charge is 0.486 e. The number of fused-ring (bicyclic) bond motifs is 2. The summed E-state index contributed by atoms with van der Waals surface area (Å²) in [4.78, 5) is 12.9. The second-order valence-electron chi connectivity index (χ2n) is 7.13. The summed E-state index contributed by atoms with van der Waals surface area (Å²) in [5.74, 6) is 6.16. The molecular weight excluding hydrogens is 358 g/mol. The zero-order valence-corrected chi connectivity index (χ0v) is 15.9. The van der Waals surface area contributed by atoms with Crippen LogP contribution in [0.1, 0.15) is 54.4 Å². The van der Waals surface area contributed by atoms with Gasteiger partial charge in [0.25, 0.3) is 0 Å². The van der Waals surface area contributed by atoms with Gasteiger partial charge in [-0.05, 0) is 36.8 Å². The van der Waals surface area contributed by atoms with Crippen LogP contribution < -0.4 is 5.48 Å². The standard InChI is InChI=1S/C22H27NO5/c24-21(23-26)10-4-2-1-3-7-13-27-17-11-12-20-19(14-17)22(25)18-9-6-5-8-16(18)15-28-20/h5-6,8-9,14,19-21,23-24,26H,1-4,7,10,13,15H2. The van der Waals surface area contributed by atoms with Crippen LogP contribution in [0.3, 0.4) is 0 Å². The molecular formula is C22H27NO5. The van der Waals surface area contributed by atoms with Crippen molar-refractivity contribution in [3.05, 3.63) is 47.2 Å². The van der Waals surface area contributed by atoms with Crippen LogP contribution >= 0.6 is 0 Å². The van der Waals surface area contributed by atoms with E-state index >= 15 is 0 Å². The van der Waals surface area contributed by atoms with Crippen LogP contribution in [0.5, 0.6) is 0 Å². The summed E-state index contributed by atoms with van der Waals surface area (Å²) in [7, 11) is 0. The Bertz CT molecular complexity index is 764. The maximum atomic E-state index is 12.9. The monoisotopic (exact) mass is 385 g/mol. The molecule has 0 saturated carbocycles. The van der Waals surface area contributed by atoms with Gasteiger partial charge in [0.1, 0.15) is 12.3 Å². The van der Waals surface area contributed by atoms with Gasteiger partial charge in [-0.25, -0.2) is 0 Å². The van der Waals surface area contributed by atoms with E-state index in [1.807, 2.05) is 29.7 Å². The topological polar surface area (TPSA) is 88.0 Å². The third kappa shape index (κ3) is 5.43. The van der Waals surface area contributed by atoms with Crippen LogP contribution in [0.4, 0.5) is 0 Å². The number of aliphatic hydroxyl groups excluding tert-OH is 1. The predicted molar refractivity (Wildman–Crippen MR) is 103 cm³/mol. The van der Waals surface area contributed by atoms with Gasteiger partial charge in [0.15, 0.2) is 11.5 Å². The number of nitrogens with one attached hydrogen (secondary N) is 1. The molecule has 1 aromatic rings. The second kappa shape index (κ2) is 10.4. The van der Waals surface area contributed by atoms with Gasteiger partial charge in [-0.2, -0.15) is 5.48 Å². The Balaban J connectivity index is 1.43. The molecule has 0 saturated heterocycles. The number of hydrogen-bond acceptors (Lipinski definition) is 6. The lowest BCUT2D eigenvalue weighted by atomic mass is 9.89. The Kier molecular flexibility index (Phi) is 7.63. The molecule has 3 unspecified atom stereocenters. The van der Waals surface area contributed by atoms with Gasteiger partial charge in [-0.3, -0.25) is 4.79 Å². The Labute approximate surface area is 165 Å². The van der Waals surface area contributed by atoms with E-state index in [1.165, 1.54) is 0 Å². The maximum Gasteiger partial charge on any atom is 0.173 e. The lowest BCUT2D eigenvalue weighted by Crippen LogP contribution is -2.28. The lowest BCUT2D eigenvalue weighted by molar-refractivity contribution is -0.00394. The molecule has 0 bridgehead atoms. The number of ether oxygens (including phenoxy) is 2. The van der Waals surface area contributed by atoms with Gasteiger partial charge < -0.3 is 19.8 Å². The van der Waals surface area contributed by atoms with Gasteiger partial charge >= 0.3 is 0 Å². The molecule has 1 aliphatic heterocycles. The van der Waals surface area contributed by atoms with Gasteiger partial charge in [-0.15, -0.1) is 0 Å². The first-order valence-corrected chi connectivity index (χ1v) is 9.86. The zero-order valence-electron chi connectivity index (χ0n) is 15.9. The first-order valence-electron chi connectivity index (χ1n) is 9.86. The molecule has 150 valence electrons. The molecule has 1 aromatic carbocycles. The lowest BCUT2D eigenvalue weighted by Gasteiger charge is -2.20. The average Bonchev–Trinajstić information content (AvgIpc) is 2.87. The Morgan fingerprint density at radius 3 is 2.86 bits per heavy atom. The summed E-state index contributed by atoms with van der Waals surface area (Å²) < 4.78 is 11.6. The molecule has 2 aliphatic rings. The number of Topliss-reactive ketones (excluding diaryl/α,β-unsaturated/α-hetero) is 1. The van der Waals surface area contributed by atoms with Crippen molar-refractivity contribution in [1.29, 1.82) is 0 Å². The quantitative estimate of drug-likeness (QED) is 0.248. The van der Waals surface area contributed by atoms with Crippen molar-refractivity contribution in [1.82, 2.24) is 5.48 Å². The first kappa shape index (κ1) is 20.6. The van der Waals surface area contributed by atoms with Crippen molar-refractivity contribution in [2.24, 2.45) is 5.92 Å². The Morgan fingerprint density at radius 2 is 2.00 bits per heavy atom. The fourth-order valence-electron chi connectivity index (χ4n) is 3.43. The van der Waals surface area contributed by atoms with Crippen molar-refractivity contribution >= 4 is 5.78 Å². The smallest absolute Gasteiger partial charge is 0.173 e. The van der Waals surface area contributed by atoms with E-state index in [1.54, 1.807) is 6.08 Å². The van der Waals surface area contributed by atoms with Crippen LogP contribution in [0.2, 0.25) is 0 Å². The molecule has 28 heavy (non-hydrogen) atoms. The number of ketones is 1. The Morgan fingerprint density at radius 1 is 1.21 bits per heavy atom. The van der Waals surface area contributed by atoms with E-state index in [0.29, 0.717) is 31.0 Å². The van der Waals surface area contributed by atoms with Crippen molar-refractivity contribution in [3.8, 4) is 11.8 Å². The second-order valence-corrected chi connectivity index (χ2v) is 7.13. The molecule has 3 rings (SSSR count). The third-order valence-electron chi connectivity index (χ3n) is 5.03. The molecule has 6 heteroatoms. The minimum absolute atomic E-state index is 0.0350. The highest BCUT2D eigenvalue weighted by molar-refractivity contribution is 6.01. The number of carbonyl (C=O) groups is 1. The molecule has 3 N–H and O–H groups in total. The highest BCUT2D eigenvalue weighted by Gasteiger charge is 2.33. The highest BCUT2D eigenvalue weighted by Crippen LogP contribution is 2.28. The molecule has 0 fully saturated rings. The van der Waals surface area contributed by atoms with Crippen molar-refractivity contribution in [2.45, 2.75) is 57.5 Å². The van der Waals surface area contributed by atoms with E-state index in [2.05, 4.69) is 11.8 Å². The van der Waals surface area contributed by atoms with E-state index in [0.717, 1.165) is 37.7 Å². The molecule has 0 spiro atoms. The zero-order chi connectivity index (χ0) is 19.8. The van der Waals surface area contributed by atoms with Crippen molar-refractivity contribution in [3.63, 3.8) is 0 Å². The summed E-state index contributed by atoms with van der Waals surface area (Å²) >= 11 is 0. The predicted octanol–water partition coefficient (Wildman–Crippen LogP) is 2.94. The summed E-state index contributed by atoms with van der Waals surface area (Å²) in [5.41, 5.74) is 3.44. The molecule has 3 atom stereocenters. The average molecular weight is 385 g/mol. The number of hydrogen-bond donors (Lipinski definition) is 3. The minimum atomic E-state index is -0.841. The molecule has 0 aromatic heterocycles. The van der Waals surface area contributed by atoms with Crippen LogP contribution in [-0.2, 0) is 16.1 Å². The SMILES string of the molecule is O=C1c2ccccc2COC2C#CC(OCCCCCCCC(O)NO)=CC12. The molecule has 1 aliphatic carbocycles. The number of benzene rings is 1. The van der Waals surface area contributed by atoms with Crippen LogP contribution in [0, 0.1) is 17.8 Å². The van der Waals surface area contributed by atoms with Crippen LogP contribution in [0.15, 0.2) is 36.1 Å². The number of allylic oxidation sites excluding steroid dienone is 1. The fraction of sp³-hybridized carbons (Fsp3) is 0.500. The van der Waals surface area contributed by atoms with E-state index in [-0.39, 0.29) is 5.78 Å². The summed E-state index contributed by atoms with van der Waals surface area (Å²) in [6.45, 7) is 0.956. The van der Waals surface area contributed by atoms with E-state index < -0.39 is 18.2 Å². The van der Waals surface area contributed by atoms with Gasteiger partial charge in [0, 0.05) is 5.56 Å². The summed E-state index contributed by atoms with van der Waals surface area (Å²) in [6, 6.07) is 7.54. The molecule has 6 nitrogen and oxygen atoms in total. The number of carbonyl (C=O) groups excluding carboxylic acids is 1.